The lowest BCUT2D eigenvalue weighted by Crippen LogP contribution is -2.29. The van der Waals surface area contributed by atoms with E-state index < -0.39 is 0 Å². The van der Waals surface area contributed by atoms with Gasteiger partial charge in [0, 0.05) is 24.2 Å². The lowest BCUT2D eigenvalue weighted by atomic mass is 10.1. The van der Waals surface area contributed by atoms with Gasteiger partial charge in [0.2, 0.25) is 0 Å². The fourth-order valence-electron chi connectivity index (χ4n) is 2.02. The summed E-state index contributed by atoms with van der Waals surface area (Å²) in [7, 11) is 1.51. The molecule has 0 aromatic heterocycles. The first-order valence-corrected chi connectivity index (χ1v) is 7.55. The predicted octanol–water partition coefficient (Wildman–Crippen LogP) is 2.62. The lowest BCUT2D eigenvalue weighted by molar-refractivity contribution is 0.0951. The van der Waals surface area contributed by atoms with Crippen molar-refractivity contribution in [3.8, 4) is 11.5 Å². The molecule has 0 radical (unpaired) electrons. The predicted molar refractivity (Wildman–Crippen MR) is 90.2 cm³/mol. The SMILES string of the molecule is COc1cc(OCc2cccc(Cl)c2)ccc1C(=O)NCCN. The monoisotopic (exact) mass is 334 g/mol. The van der Waals surface area contributed by atoms with Crippen LogP contribution in [0.1, 0.15) is 15.9 Å². The third kappa shape index (κ3) is 4.87. The molecule has 6 heteroatoms. The summed E-state index contributed by atoms with van der Waals surface area (Å²) in [5.74, 6) is 0.828. The number of ether oxygens (including phenoxy) is 2. The Hall–Kier alpha value is -2.24. The number of amides is 1. The first-order chi connectivity index (χ1) is 11.1. The van der Waals surface area contributed by atoms with E-state index in [1.54, 1.807) is 18.2 Å². The number of hydrogen-bond acceptors (Lipinski definition) is 4. The molecular weight excluding hydrogens is 316 g/mol. The summed E-state index contributed by atoms with van der Waals surface area (Å²) in [6, 6.07) is 12.5. The summed E-state index contributed by atoms with van der Waals surface area (Å²) < 4.78 is 11.0. The van der Waals surface area contributed by atoms with Gasteiger partial charge in [-0.1, -0.05) is 23.7 Å². The van der Waals surface area contributed by atoms with Gasteiger partial charge < -0.3 is 20.5 Å². The molecule has 0 aliphatic heterocycles. The smallest absolute Gasteiger partial charge is 0.255 e. The highest BCUT2D eigenvalue weighted by Crippen LogP contribution is 2.25. The summed E-state index contributed by atoms with van der Waals surface area (Å²) in [5, 5.41) is 3.37. The molecule has 3 N–H and O–H groups in total. The van der Waals surface area contributed by atoms with Gasteiger partial charge >= 0.3 is 0 Å². The van der Waals surface area contributed by atoms with E-state index in [2.05, 4.69) is 5.32 Å². The third-order valence-corrected chi connectivity index (χ3v) is 3.38. The fourth-order valence-corrected chi connectivity index (χ4v) is 2.24. The van der Waals surface area contributed by atoms with Crippen molar-refractivity contribution >= 4 is 17.5 Å². The van der Waals surface area contributed by atoms with Crippen LogP contribution in [0.15, 0.2) is 42.5 Å². The maximum Gasteiger partial charge on any atom is 0.255 e. The van der Waals surface area contributed by atoms with Crippen molar-refractivity contribution in [3.63, 3.8) is 0 Å². The zero-order valence-corrected chi connectivity index (χ0v) is 13.6. The van der Waals surface area contributed by atoms with Crippen molar-refractivity contribution in [1.82, 2.24) is 5.32 Å². The van der Waals surface area contributed by atoms with Crippen LogP contribution in [-0.2, 0) is 6.61 Å². The number of halogens is 1. The number of carbonyl (C=O) groups is 1. The van der Waals surface area contributed by atoms with Crippen LogP contribution >= 0.6 is 11.6 Å². The van der Waals surface area contributed by atoms with E-state index in [1.165, 1.54) is 7.11 Å². The van der Waals surface area contributed by atoms with Crippen LogP contribution in [0.2, 0.25) is 5.02 Å². The van der Waals surface area contributed by atoms with Crippen LogP contribution in [0.4, 0.5) is 0 Å². The largest absolute Gasteiger partial charge is 0.496 e. The van der Waals surface area contributed by atoms with Gasteiger partial charge in [0.05, 0.1) is 12.7 Å². The fraction of sp³-hybridized carbons (Fsp3) is 0.235. The second-order valence-corrected chi connectivity index (χ2v) is 5.26. The van der Waals surface area contributed by atoms with Crippen LogP contribution < -0.4 is 20.5 Å². The van der Waals surface area contributed by atoms with Crippen molar-refractivity contribution in [1.29, 1.82) is 0 Å². The molecule has 0 unspecified atom stereocenters. The van der Waals surface area contributed by atoms with Crippen LogP contribution in [0, 0.1) is 0 Å². The van der Waals surface area contributed by atoms with Crippen LogP contribution in [0.25, 0.3) is 0 Å². The molecule has 5 nitrogen and oxygen atoms in total. The normalized spacial score (nSPS) is 10.2. The molecule has 2 aromatic rings. The maximum atomic E-state index is 12.0. The van der Waals surface area contributed by atoms with Crippen LogP contribution in [0.3, 0.4) is 0 Å². The quantitative estimate of drug-likeness (QED) is 0.816. The Bertz CT molecular complexity index is 677. The van der Waals surface area contributed by atoms with E-state index in [9.17, 15) is 4.79 Å². The van der Waals surface area contributed by atoms with Crippen LogP contribution in [0.5, 0.6) is 11.5 Å². The highest BCUT2D eigenvalue weighted by molar-refractivity contribution is 6.30. The molecule has 1 amide bonds. The highest BCUT2D eigenvalue weighted by Gasteiger charge is 2.12. The number of rotatable bonds is 7. The summed E-state index contributed by atoms with van der Waals surface area (Å²) in [6.07, 6.45) is 0. The summed E-state index contributed by atoms with van der Waals surface area (Å²) in [4.78, 5) is 12.0. The van der Waals surface area contributed by atoms with Gasteiger partial charge in [-0.2, -0.15) is 0 Å². The summed E-state index contributed by atoms with van der Waals surface area (Å²) in [6.45, 7) is 1.17. The molecule has 0 aliphatic rings. The first kappa shape index (κ1) is 17.1. The molecule has 0 saturated heterocycles. The minimum Gasteiger partial charge on any atom is -0.496 e. The molecule has 0 fully saturated rings. The number of carbonyl (C=O) groups excluding carboxylic acids is 1. The van der Waals surface area contributed by atoms with E-state index in [0.717, 1.165) is 5.56 Å². The molecule has 2 rings (SSSR count). The number of hydrogen-bond donors (Lipinski definition) is 2. The molecular formula is C17H19ClN2O3. The Morgan fingerprint density at radius 1 is 1.26 bits per heavy atom. The lowest BCUT2D eigenvalue weighted by Gasteiger charge is -2.12. The Labute approximate surface area is 140 Å². The molecule has 0 saturated carbocycles. The summed E-state index contributed by atoms with van der Waals surface area (Å²) in [5.41, 5.74) is 6.78. The second kappa shape index (κ2) is 8.41. The van der Waals surface area contributed by atoms with Crippen molar-refractivity contribution in [2.24, 2.45) is 5.73 Å². The van der Waals surface area contributed by atoms with Gasteiger partial charge in [-0.15, -0.1) is 0 Å². The number of nitrogens with one attached hydrogen (secondary N) is 1. The molecule has 122 valence electrons. The summed E-state index contributed by atoms with van der Waals surface area (Å²) >= 11 is 5.94. The molecule has 0 spiro atoms. The average Bonchev–Trinajstić information content (AvgIpc) is 2.57. The van der Waals surface area contributed by atoms with E-state index in [1.807, 2.05) is 24.3 Å². The Morgan fingerprint density at radius 3 is 2.78 bits per heavy atom. The van der Waals surface area contributed by atoms with Crippen molar-refractivity contribution in [2.75, 3.05) is 20.2 Å². The molecule has 0 bridgehead atoms. The van der Waals surface area contributed by atoms with Gasteiger partial charge in [-0.05, 0) is 29.8 Å². The molecule has 0 atom stereocenters. The maximum absolute atomic E-state index is 12.0. The average molecular weight is 335 g/mol. The minimum atomic E-state index is -0.228. The molecule has 2 aromatic carbocycles. The third-order valence-electron chi connectivity index (χ3n) is 3.14. The van der Waals surface area contributed by atoms with Gasteiger partial charge in [-0.3, -0.25) is 4.79 Å². The van der Waals surface area contributed by atoms with Crippen LogP contribution in [-0.4, -0.2) is 26.1 Å². The topological polar surface area (TPSA) is 73.6 Å². The van der Waals surface area contributed by atoms with Gasteiger partial charge in [-0.25, -0.2) is 0 Å². The molecule has 0 aliphatic carbocycles. The second-order valence-electron chi connectivity index (χ2n) is 4.83. The van der Waals surface area contributed by atoms with E-state index in [0.29, 0.717) is 41.8 Å². The van der Waals surface area contributed by atoms with Gasteiger partial charge in [0.25, 0.3) is 5.91 Å². The van der Waals surface area contributed by atoms with Crippen molar-refractivity contribution in [3.05, 3.63) is 58.6 Å². The number of benzene rings is 2. The van der Waals surface area contributed by atoms with Gasteiger partial charge in [0.15, 0.2) is 0 Å². The standard InChI is InChI=1S/C17H19ClN2O3/c1-22-16-10-14(5-6-15(16)17(21)20-8-7-19)23-11-12-3-2-4-13(18)9-12/h2-6,9-10H,7-8,11,19H2,1H3,(H,20,21). The number of methoxy groups -OCH3 is 1. The van der Waals surface area contributed by atoms with Gasteiger partial charge in [0.1, 0.15) is 18.1 Å². The van der Waals surface area contributed by atoms with Crippen molar-refractivity contribution < 1.29 is 14.3 Å². The van der Waals surface area contributed by atoms with E-state index in [-0.39, 0.29) is 5.91 Å². The Balaban J connectivity index is 2.07. The Morgan fingerprint density at radius 2 is 2.09 bits per heavy atom. The molecule has 23 heavy (non-hydrogen) atoms. The zero-order valence-electron chi connectivity index (χ0n) is 12.8. The first-order valence-electron chi connectivity index (χ1n) is 7.17. The van der Waals surface area contributed by atoms with Crippen molar-refractivity contribution in [2.45, 2.75) is 6.61 Å². The minimum absolute atomic E-state index is 0.228. The van der Waals surface area contributed by atoms with E-state index >= 15 is 0 Å². The Kier molecular flexibility index (Phi) is 6.26. The zero-order chi connectivity index (χ0) is 16.7. The number of nitrogens with two attached hydrogens (primary N) is 1. The van der Waals surface area contributed by atoms with E-state index in [4.69, 9.17) is 26.8 Å². The highest BCUT2D eigenvalue weighted by atomic mass is 35.5. The molecule has 0 heterocycles.